The van der Waals surface area contributed by atoms with Crippen molar-refractivity contribution in [1.82, 2.24) is 5.32 Å². The fourth-order valence-corrected chi connectivity index (χ4v) is 2.01. The van der Waals surface area contributed by atoms with Crippen LogP contribution in [-0.2, 0) is 20.9 Å². The average Bonchev–Trinajstić information content (AvgIpc) is 2.51. The van der Waals surface area contributed by atoms with Gasteiger partial charge in [-0.25, -0.2) is 4.79 Å². The number of amides is 1. The SMILES string of the molecule is CC(C)[C@@H](NC(=O)OCc1ccccc1)[C@@H](O)CC(=O)C(=O)[O-].[Na+]. The van der Waals surface area contributed by atoms with Crippen LogP contribution in [0.2, 0.25) is 0 Å². The van der Waals surface area contributed by atoms with Crippen molar-refractivity contribution >= 4 is 17.8 Å². The summed E-state index contributed by atoms with van der Waals surface area (Å²) in [5.41, 5.74) is 0.802. The molecule has 0 fully saturated rings. The first kappa shape index (κ1) is 22.6. The number of carboxylic acids is 1. The quantitative estimate of drug-likeness (QED) is 0.384. The Morgan fingerprint density at radius 1 is 1.21 bits per heavy atom. The molecule has 1 amide bonds. The molecule has 0 aliphatic heterocycles. The molecule has 1 aromatic carbocycles. The summed E-state index contributed by atoms with van der Waals surface area (Å²) in [5.74, 6) is -3.32. The number of carbonyl (C=O) groups is 3. The van der Waals surface area contributed by atoms with Crippen molar-refractivity contribution in [2.45, 2.75) is 39.0 Å². The van der Waals surface area contributed by atoms with E-state index in [0.29, 0.717) is 0 Å². The van der Waals surface area contributed by atoms with Crippen molar-refractivity contribution in [3.8, 4) is 0 Å². The van der Waals surface area contributed by atoms with E-state index in [1.54, 1.807) is 26.0 Å². The molecular formula is C16H20NNaO6. The standard InChI is InChI=1S/C16H21NO6.Na/c1-10(2)14(12(18)8-13(19)15(20)21)17-16(22)23-9-11-6-4-3-5-7-11;/h3-7,10,12,14,18H,8-9H2,1-2H3,(H,17,22)(H,20,21);/q;+1/p-1/t12-,14+;/m0./s1. The van der Waals surface area contributed by atoms with E-state index in [4.69, 9.17) is 4.74 Å². The number of aliphatic carboxylic acids is 1. The van der Waals surface area contributed by atoms with Crippen molar-refractivity contribution in [3.63, 3.8) is 0 Å². The molecule has 1 aromatic rings. The first-order valence-electron chi connectivity index (χ1n) is 7.20. The Morgan fingerprint density at radius 2 is 1.79 bits per heavy atom. The predicted molar refractivity (Wildman–Crippen MR) is 79.0 cm³/mol. The Morgan fingerprint density at radius 3 is 2.29 bits per heavy atom. The monoisotopic (exact) mass is 345 g/mol. The van der Waals surface area contributed by atoms with Gasteiger partial charge in [0, 0.05) is 6.42 Å². The Labute approximate surface area is 162 Å². The van der Waals surface area contributed by atoms with Crippen LogP contribution in [0.1, 0.15) is 25.8 Å². The molecule has 7 nitrogen and oxygen atoms in total. The summed E-state index contributed by atoms with van der Waals surface area (Å²) in [5, 5.41) is 22.8. The minimum atomic E-state index is -1.86. The minimum absolute atomic E-state index is 0. The van der Waals surface area contributed by atoms with E-state index < -0.39 is 36.4 Å². The molecule has 2 atom stereocenters. The van der Waals surface area contributed by atoms with Crippen LogP contribution in [0, 0.1) is 5.92 Å². The van der Waals surface area contributed by atoms with Crippen LogP contribution in [0.3, 0.4) is 0 Å². The molecule has 0 radical (unpaired) electrons. The fourth-order valence-electron chi connectivity index (χ4n) is 2.01. The molecule has 0 aliphatic rings. The van der Waals surface area contributed by atoms with Gasteiger partial charge in [0.25, 0.3) is 0 Å². The van der Waals surface area contributed by atoms with Crippen molar-refractivity contribution < 1.29 is 58.9 Å². The zero-order valence-corrected chi connectivity index (χ0v) is 16.0. The van der Waals surface area contributed by atoms with E-state index >= 15 is 0 Å². The van der Waals surface area contributed by atoms with E-state index in [1.807, 2.05) is 18.2 Å². The van der Waals surface area contributed by atoms with Gasteiger partial charge in [0.05, 0.1) is 12.1 Å². The van der Waals surface area contributed by atoms with Crippen LogP contribution in [0.4, 0.5) is 4.79 Å². The summed E-state index contributed by atoms with van der Waals surface area (Å²) in [6.07, 6.45) is -2.73. The number of carbonyl (C=O) groups excluding carboxylic acids is 3. The van der Waals surface area contributed by atoms with Gasteiger partial charge in [-0.3, -0.25) is 4.79 Å². The summed E-state index contributed by atoms with van der Waals surface area (Å²) in [6, 6.07) is 8.22. The van der Waals surface area contributed by atoms with Gasteiger partial charge in [0.1, 0.15) is 12.6 Å². The first-order valence-corrected chi connectivity index (χ1v) is 7.20. The van der Waals surface area contributed by atoms with Gasteiger partial charge in [-0.1, -0.05) is 44.2 Å². The van der Waals surface area contributed by atoms with Gasteiger partial charge in [-0.05, 0) is 11.5 Å². The zero-order chi connectivity index (χ0) is 17.4. The third-order valence-electron chi connectivity index (χ3n) is 3.25. The van der Waals surface area contributed by atoms with Crippen LogP contribution in [0.15, 0.2) is 30.3 Å². The summed E-state index contributed by atoms with van der Waals surface area (Å²) in [6.45, 7) is 3.50. The normalized spacial score (nSPS) is 12.7. The number of hydrogen-bond donors (Lipinski definition) is 2. The summed E-state index contributed by atoms with van der Waals surface area (Å²) < 4.78 is 5.04. The van der Waals surface area contributed by atoms with Crippen LogP contribution in [0.5, 0.6) is 0 Å². The van der Waals surface area contributed by atoms with E-state index in [0.717, 1.165) is 5.56 Å². The van der Waals surface area contributed by atoms with Crippen LogP contribution < -0.4 is 40.0 Å². The van der Waals surface area contributed by atoms with E-state index in [-0.39, 0.29) is 42.1 Å². The molecule has 0 aromatic heterocycles. The van der Waals surface area contributed by atoms with Crippen molar-refractivity contribution in [2.75, 3.05) is 0 Å². The maximum atomic E-state index is 11.8. The number of alkyl carbamates (subject to hydrolysis) is 1. The van der Waals surface area contributed by atoms with Crippen LogP contribution in [0.25, 0.3) is 0 Å². The third kappa shape index (κ3) is 7.92. The molecule has 0 spiro atoms. The van der Waals surface area contributed by atoms with Gasteiger partial charge in [-0.2, -0.15) is 0 Å². The second kappa shape index (κ2) is 11.2. The number of aliphatic hydroxyl groups is 1. The molecule has 0 saturated carbocycles. The molecule has 0 bridgehead atoms. The summed E-state index contributed by atoms with van der Waals surface area (Å²) in [4.78, 5) is 33.3. The van der Waals surface area contributed by atoms with Crippen LogP contribution in [-0.4, -0.2) is 35.1 Å². The first-order chi connectivity index (χ1) is 10.8. The number of aliphatic hydroxyl groups excluding tert-OH is 1. The number of hydrogen-bond acceptors (Lipinski definition) is 6. The number of ether oxygens (including phenoxy) is 1. The molecule has 0 unspecified atom stereocenters. The van der Waals surface area contributed by atoms with Crippen molar-refractivity contribution in [3.05, 3.63) is 35.9 Å². The van der Waals surface area contributed by atoms with E-state index in [2.05, 4.69) is 5.32 Å². The van der Waals surface area contributed by atoms with Gasteiger partial charge in [0.2, 0.25) is 0 Å². The summed E-state index contributed by atoms with van der Waals surface area (Å²) in [7, 11) is 0. The van der Waals surface area contributed by atoms with Gasteiger partial charge in [0.15, 0.2) is 5.78 Å². The molecule has 8 heteroatoms. The summed E-state index contributed by atoms with van der Waals surface area (Å²) >= 11 is 0. The van der Waals surface area contributed by atoms with Gasteiger partial charge >= 0.3 is 35.7 Å². The Balaban J connectivity index is 0.00000529. The van der Waals surface area contributed by atoms with Gasteiger partial charge < -0.3 is 25.1 Å². The smallest absolute Gasteiger partial charge is 0.542 e. The number of Topliss-reactive ketones (excluding diaryl/α,β-unsaturated/α-hetero) is 1. The minimum Gasteiger partial charge on any atom is -0.542 e. The molecule has 0 aliphatic carbocycles. The van der Waals surface area contributed by atoms with E-state index in [1.165, 1.54) is 0 Å². The predicted octanol–water partition coefficient (Wildman–Crippen LogP) is -2.99. The third-order valence-corrected chi connectivity index (χ3v) is 3.25. The number of rotatable bonds is 8. The number of nitrogens with one attached hydrogen (secondary N) is 1. The maximum Gasteiger partial charge on any atom is 1.00 e. The molecule has 1 rings (SSSR count). The molecule has 0 heterocycles. The van der Waals surface area contributed by atoms with Crippen LogP contribution >= 0.6 is 0 Å². The largest absolute Gasteiger partial charge is 1.00 e. The Hall–Kier alpha value is -1.41. The van der Waals surface area contributed by atoms with Gasteiger partial charge in [-0.15, -0.1) is 0 Å². The Bertz CT molecular complexity index is 549. The average molecular weight is 345 g/mol. The second-order valence-corrected chi connectivity index (χ2v) is 5.46. The molecule has 2 N–H and O–H groups in total. The second-order valence-electron chi connectivity index (χ2n) is 5.46. The molecule has 126 valence electrons. The van der Waals surface area contributed by atoms with Crippen molar-refractivity contribution in [1.29, 1.82) is 0 Å². The fraction of sp³-hybridized carbons (Fsp3) is 0.438. The number of carboxylic acid groups (broad SMARTS) is 1. The van der Waals surface area contributed by atoms with Crippen molar-refractivity contribution in [2.24, 2.45) is 5.92 Å². The molecular weight excluding hydrogens is 325 g/mol. The number of ketones is 1. The Kier molecular flexibility index (Phi) is 10.5. The molecule has 24 heavy (non-hydrogen) atoms. The molecule has 0 saturated heterocycles. The number of benzene rings is 1. The van der Waals surface area contributed by atoms with E-state index in [9.17, 15) is 24.6 Å². The zero-order valence-electron chi connectivity index (χ0n) is 14.0. The maximum absolute atomic E-state index is 11.8. The topological polar surface area (TPSA) is 116 Å².